The maximum absolute atomic E-state index is 12.1. The minimum atomic E-state index is -3.46. The molecule has 5 nitrogen and oxygen atoms in total. The zero-order valence-corrected chi connectivity index (χ0v) is 13.8. The molecular formula is C15H25N3O2S. The van der Waals surface area contributed by atoms with E-state index in [9.17, 15) is 8.42 Å². The Labute approximate surface area is 127 Å². The first-order chi connectivity index (χ1) is 9.76. The molecule has 0 aliphatic heterocycles. The Bertz CT molecular complexity index is 611. The van der Waals surface area contributed by atoms with E-state index in [0.29, 0.717) is 24.0 Å². The molecule has 0 aromatic heterocycles. The molecule has 0 heterocycles. The van der Waals surface area contributed by atoms with Gasteiger partial charge in [0.15, 0.2) is 0 Å². The average Bonchev–Trinajstić information content (AvgIpc) is 2.71. The highest BCUT2D eigenvalue weighted by Gasteiger charge is 2.34. The number of hydrogen-bond acceptors (Lipinski definition) is 4. The van der Waals surface area contributed by atoms with E-state index in [4.69, 9.17) is 5.73 Å². The maximum Gasteiger partial charge on any atom is 0.240 e. The first kappa shape index (κ1) is 16.1. The second-order valence-corrected chi connectivity index (χ2v) is 8.10. The molecule has 1 aliphatic rings. The normalized spacial score (nSPS) is 21.4. The molecule has 4 N–H and O–H groups in total. The predicted octanol–water partition coefficient (Wildman–Crippen LogP) is 2.56. The van der Waals surface area contributed by atoms with Crippen LogP contribution in [0, 0.1) is 5.41 Å². The molecule has 1 fully saturated rings. The second kappa shape index (κ2) is 5.85. The van der Waals surface area contributed by atoms with Crippen LogP contribution in [0.15, 0.2) is 23.1 Å². The van der Waals surface area contributed by atoms with Crippen LogP contribution in [-0.4, -0.2) is 21.0 Å². The molecule has 1 aliphatic carbocycles. The van der Waals surface area contributed by atoms with Crippen LogP contribution in [0.3, 0.4) is 0 Å². The summed E-state index contributed by atoms with van der Waals surface area (Å²) < 4.78 is 26.7. The molecule has 2 rings (SSSR count). The molecule has 0 radical (unpaired) electrons. The molecular weight excluding hydrogens is 286 g/mol. The van der Waals surface area contributed by atoms with Crippen molar-refractivity contribution >= 4 is 21.4 Å². The van der Waals surface area contributed by atoms with Crippen LogP contribution in [0.4, 0.5) is 11.4 Å². The van der Waals surface area contributed by atoms with E-state index < -0.39 is 10.0 Å². The third kappa shape index (κ3) is 3.49. The van der Waals surface area contributed by atoms with E-state index in [2.05, 4.69) is 23.9 Å². The zero-order chi connectivity index (χ0) is 15.7. The fourth-order valence-corrected chi connectivity index (χ4v) is 3.95. The molecule has 1 atom stereocenters. The van der Waals surface area contributed by atoms with Crippen LogP contribution in [-0.2, 0) is 10.0 Å². The van der Waals surface area contributed by atoms with Gasteiger partial charge in [-0.05, 0) is 36.5 Å². The number of nitrogens with one attached hydrogen (secondary N) is 2. The van der Waals surface area contributed by atoms with Crippen molar-refractivity contribution in [3.63, 3.8) is 0 Å². The summed E-state index contributed by atoms with van der Waals surface area (Å²) in [5.41, 5.74) is 7.47. The van der Waals surface area contributed by atoms with Crippen molar-refractivity contribution in [2.75, 3.05) is 17.6 Å². The fraction of sp³-hybridized carbons (Fsp3) is 0.600. The summed E-state index contributed by atoms with van der Waals surface area (Å²) in [4.78, 5) is 0.247. The summed E-state index contributed by atoms with van der Waals surface area (Å²) in [6, 6.07) is 5.13. The van der Waals surface area contributed by atoms with Gasteiger partial charge in [0.2, 0.25) is 10.0 Å². The van der Waals surface area contributed by atoms with Gasteiger partial charge in [0.05, 0.1) is 16.3 Å². The molecule has 1 saturated carbocycles. The molecule has 0 spiro atoms. The molecule has 1 aromatic rings. The van der Waals surface area contributed by atoms with Crippen LogP contribution in [0.5, 0.6) is 0 Å². The van der Waals surface area contributed by atoms with Crippen LogP contribution < -0.4 is 15.8 Å². The summed E-state index contributed by atoms with van der Waals surface area (Å²) in [6.07, 6.45) is 3.43. The second-order valence-electron chi connectivity index (χ2n) is 6.33. The number of rotatable bonds is 5. The Morgan fingerprint density at radius 1 is 1.38 bits per heavy atom. The summed E-state index contributed by atoms with van der Waals surface area (Å²) in [5, 5.41) is 3.44. The van der Waals surface area contributed by atoms with Gasteiger partial charge in [-0.1, -0.05) is 27.2 Å². The highest BCUT2D eigenvalue weighted by Crippen LogP contribution is 2.40. The van der Waals surface area contributed by atoms with Gasteiger partial charge in [0.1, 0.15) is 0 Å². The van der Waals surface area contributed by atoms with Crippen molar-refractivity contribution in [1.82, 2.24) is 4.72 Å². The van der Waals surface area contributed by atoms with Crippen LogP contribution in [0.1, 0.15) is 40.0 Å². The zero-order valence-electron chi connectivity index (χ0n) is 12.9. The fourth-order valence-electron chi connectivity index (χ4n) is 2.88. The lowest BCUT2D eigenvalue weighted by molar-refractivity contribution is 0.350. The molecule has 118 valence electrons. The SMILES string of the molecule is CCNS(=O)(=O)c1ccc(N)c(NC2CCCC2(C)C)c1. The van der Waals surface area contributed by atoms with Gasteiger partial charge in [-0.2, -0.15) is 0 Å². The molecule has 0 amide bonds. The Morgan fingerprint density at radius 3 is 2.67 bits per heavy atom. The Balaban J connectivity index is 2.28. The van der Waals surface area contributed by atoms with Crippen LogP contribution >= 0.6 is 0 Å². The Kier molecular flexibility index (Phi) is 4.49. The Hall–Kier alpha value is -1.27. The topological polar surface area (TPSA) is 84.2 Å². The van der Waals surface area contributed by atoms with E-state index in [0.717, 1.165) is 6.42 Å². The van der Waals surface area contributed by atoms with Gasteiger partial charge in [0, 0.05) is 12.6 Å². The number of nitrogens with two attached hydrogens (primary N) is 1. The maximum atomic E-state index is 12.1. The van der Waals surface area contributed by atoms with Crippen molar-refractivity contribution in [2.24, 2.45) is 5.41 Å². The van der Waals surface area contributed by atoms with E-state index in [1.807, 2.05) is 0 Å². The summed E-state index contributed by atoms with van der Waals surface area (Å²) in [5.74, 6) is 0. The van der Waals surface area contributed by atoms with E-state index in [1.54, 1.807) is 19.1 Å². The molecule has 1 unspecified atom stereocenters. The molecule has 1 aromatic carbocycles. The van der Waals surface area contributed by atoms with Gasteiger partial charge in [0.25, 0.3) is 0 Å². The molecule has 6 heteroatoms. The van der Waals surface area contributed by atoms with Crippen LogP contribution in [0.2, 0.25) is 0 Å². The first-order valence-corrected chi connectivity index (χ1v) is 8.90. The number of sulfonamides is 1. The number of nitrogen functional groups attached to an aromatic ring is 1. The first-order valence-electron chi connectivity index (χ1n) is 7.42. The van der Waals surface area contributed by atoms with E-state index >= 15 is 0 Å². The van der Waals surface area contributed by atoms with Crippen molar-refractivity contribution < 1.29 is 8.42 Å². The molecule has 0 bridgehead atoms. The van der Waals surface area contributed by atoms with Gasteiger partial charge < -0.3 is 11.1 Å². The number of hydrogen-bond donors (Lipinski definition) is 3. The van der Waals surface area contributed by atoms with Gasteiger partial charge >= 0.3 is 0 Å². The van der Waals surface area contributed by atoms with Gasteiger partial charge in [-0.15, -0.1) is 0 Å². The minimum absolute atomic E-state index is 0.197. The van der Waals surface area contributed by atoms with Crippen molar-refractivity contribution in [2.45, 2.75) is 51.0 Å². The highest BCUT2D eigenvalue weighted by molar-refractivity contribution is 7.89. The minimum Gasteiger partial charge on any atom is -0.397 e. The smallest absolute Gasteiger partial charge is 0.240 e. The predicted molar refractivity (Wildman–Crippen MR) is 86.8 cm³/mol. The van der Waals surface area contributed by atoms with E-state index in [-0.39, 0.29) is 10.3 Å². The number of benzene rings is 1. The van der Waals surface area contributed by atoms with Gasteiger partial charge in [-0.3, -0.25) is 0 Å². The third-order valence-corrected chi connectivity index (χ3v) is 5.80. The van der Waals surface area contributed by atoms with Crippen LogP contribution in [0.25, 0.3) is 0 Å². The van der Waals surface area contributed by atoms with Gasteiger partial charge in [-0.25, -0.2) is 13.1 Å². The van der Waals surface area contributed by atoms with Crippen molar-refractivity contribution in [1.29, 1.82) is 0 Å². The summed E-state index contributed by atoms with van der Waals surface area (Å²) in [6.45, 7) is 6.58. The lowest BCUT2D eigenvalue weighted by Crippen LogP contribution is -2.31. The lowest BCUT2D eigenvalue weighted by Gasteiger charge is -2.29. The third-order valence-electron chi connectivity index (χ3n) is 4.26. The largest absolute Gasteiger partial charge is 0.397 e. The molecule has 21 heavy (non-hydrogen) atoms. The lowest BCUT2D eigenvalue weighted by atomic mass is 9.87. The monoisotopic (exact) mass is 311 g/mol. The highest BCUT2D eigenvalue weighted by atomic mass is 32.2. The Morgan fingerprint density at radius 2 is 2.10 bits per heavy atom. The summed E-state index contributed by atoms with van der Waals surface area (Å²) in [7, 11) is -3.46. The number of anilines is 2. The summed E-state index contributed by atoms with van der Waals surface area (Å²) >= 11 is 0. The van der Waals surface area contributed by atoms with E-state index in [1.165, 1.54) is 18.9 Å². The van der Waals surface area contributed by atoms with Crippen molar-refractivity contribution in [3.05, 3.63) is 18.2 Å². The van der Waals surface area contributed by atoms with Crippen molar-refractivity contribution in [3.8, 4) is 0 Å². The molecule has 0 saturated heterocycles. The standard InChI is InChI=1S/C15H25N3O2S/c1-4-17-21(19,20)11-7-8-12(16)13(10-11)18-14-6-5-9-15(14,2)3/h7-8,10,14,17-18H,4-6,9,16H2,1-3H3. The average molecular weight is 311 g/mol. The quantitative estimate of drug-likeness (QED) is 0.730.